The van der Waals surface area contributed by atoms with Gasteiger partial charge in [0.05, 0.1) is 52.4 Å². The second-order valence-electron chi connectivity index (χ2n) is 12.7. The van der Waals surface area contributed by atoms with Crippen LogP contribution < -0.4 is 49.9 Å². The molecule has 2 aliphatic rings. The van der Waals surface area contributed by atoms with Gasteiger partial charge in [0.25, 0.3) is 0 Å². The van der Waals surface area contributed by atoms with Crippen molar-refractivity contribution in [3.8, 4) is 56.8 Å². The first-order valence-electron chi connectivity index (χ1n) is 20.6. The lowest BCUT2D eigenvalue weighted by Gasteiger charge is -2.19. The first-order chi connectivity index (χ1) is 29.2. The third-order valence-electron chi connectivity index (χ3n) is 10.1. The summed E-state index contributed by atoms with van der Waals surface area (Å²) >= 11 is 2.92. The summed E-state index contributed by atoms with van der Waals surface area (Å²) in [6.07, 6.45) is 7.24. The van der Waals surface area contributed by atoms with Crippen molar-refractivity contribution in [2.24, 2.45) is 0 Å². The zero-order chi connectivity index (χ0) is 45.1. The lowest BCUT2D eigenvalue weighted by Crippen LogP contribution is -2.17. The van der Waals surface area contributed by atoms with Crippen LogP contribution in [0.25, 0.3) is 22.3 Å². The van der Waals surface area contributed by atoms with E-state index in [1.54, 1.807) is 54.8 Å². The fourth-order valence-corrected chi connectivity index (χ4v) is 8.46. The Morgan fingerprint density at radius 2 is 0.823 bits per heavy atom. The molecule has 346 valence electrons. The van der Waals surface area contributed by atoms with Crippen molar-refractivity contribution in [3.05, 3.63) is 91.2 Å². The lowest BCUT2D eigenvalue weighted by atomic mass is 9.95. The molecule has 4 aromatic rings. The van der Waals surface area contributed by atoms with Gasteiger partial charge in [-0.1, -0.05) is 68.5 Å². The molecule has 2 N–H and O–H groups in total. The van der Waals surface area contributed by atoms with E-state index in [2.05, 4.69) is 10.6 Å². The average molecular weight is 897 g/mol. The average Bonchev–Trinajstić information content (AvgIpc) is 3.70. The molecule has 0 saturated carbocycles. The molecule has 2 aliphatic carbocycles. The minimum absolute atomic E-state index is 0. The molecule has 0 bridgehead atoms. The van der Waals surface area contributed by atoms with Crippen molar-refractivity contribution < 1.29 is 28.4 Å². The van der Waals surface area contributed by atoms with E-state index in [9.17, 15) is 9.59 Å². The number of benzene rings is 2. The molecule has 0 saturated heterocycles. The van der Waals surface area contributed by atoms with Crippen LogP contribution in [0.5, 0.6) is 34.5 Å². The number of thioether (sulfide) groups is 2. The molecule has 0 unspecified atom stereocenters. The maximum atomic E-state index is 12.7. The van der Waals surface area contributed by atoms with E-state index in [-0.39, 0.29) is 37.8 Å². The van der Waals surface area contributed by atoms with Gasteiger partial charge >= 0.3 is 0 Å². The Morgan fingerprint density at radius 3 is 1.08 bits per heavy atom. The lowest BCUT2D eigenvalue weighted by molar-refractivity contribution is 0.324. The molecule has 2 atom stereocenters. The Labute approximate surface area is 382 Å². The minimum atomic E-state index is 0. The highest BCUT2D eigenvalue weighted by atomic mass is 32.2. The van der Waals surface area contributed by atoms with Gasteiger partial charge in [0.2, 0.25) is 11.5 Å². The van der Waals surface area contributed by atoms with E-state index in [0.29, 0.717) is 34.5 Å². The Morgan fingerprint density at radius 1 is 0.500 bits per heavy atom. The van der Waals surface area contributed by atoms with Crippen LogP contribution >= 0.6 is 23.5 Å². The number of rotatable bonds is 10. The van der Waals surface area contributed by atoms with Crippen molar-refractivity contribution in [2.45, 2.75) is 104 Å². The van der Waals surface area contributed by atoms with Gasteiger partial charge in [-0.25, -0.2) is 0 Å². The molecule has 0 amide bonds. The highest BCUT2D eigenvalue weighted by molar-refractivity contribution is 7.98. The zero-order valence-corrected chi connectivity index (χ0v) is 40.3. The summed E-state index contributed by atoms with van der Waals surface area (Å²) in [5, 5.41) is 6.72. The Balaban J connectivity index is 0.00000104. The van der Waals surface area contributed by atoms with Crippen molar-refractivity contribution >= 4 is 23.5 Å². The van der Waals surface area contributed by atoms with Gasteiger partial charge < -0.3 is 39.1 Å². The molecule has 0 radical (unpaired) electrons. The van der Waals surface area contributed by atoms with E-state index >= 15 is 0 Å². The highest BCUT2D eigenvalue weighted by Gasteiger charge is 2.30. The maximum absolute atomic E-state index is 12.7. The van der Waals surface area contributed by atoms with E-state index in [1.165, 1.54) is 23.5 Å². The van der Waals surface area contributed by atoms with E-state index in [1.807, 2.05) is 105 Å². The minimum Gasteiger partial charge on any atom is -0.493 e. The SMILES string of the molecule is C.C.CC.CC.CC.CN[C@H]1CCc2cc(OC)c(OC)c(OC)c2-c2ccc(SC)c(=O)cc21.CN[C@H]1CCc2cc(OC)c(OC)c(OC)c2-c2ccc(SC)c(=O)cc21. The molecule has 6 rings (SSSR count). The van der Waals surface area contributed by atoms with Crippen molar-refractivity contribution in [2.75, 3.05) is 69.3 Å². The standard InChI is InChI=1S/2C21H25NO4S.3C2H6.2CH4/c2*1-22-15-8-6-12-10-17(24-2)20(25-3)21(26-4)19(12)13-7-9-18(27-5)16(23)11-14(13)15;3*1-2;;/h2*7,9-11,15,22H,6,8H2,1-5H3;3*1-2H3;2*1H4/t2*15-;;;;;/m00...../s1. The summed E-state index contributed by atoms with van der Waals surface area (Å²) in [5.74, 6) is 3.68. The molecule has 0 heterocycles. The number of aryl methyl sites for hydroxylation is 2. The molecule has 10 nitrogen and oxygen atoms in total. The highest BCUT2D eigenvalue weighted by Crippen LogP contribution is 2.51. The van der Waals surface area contributed by atoms with Crippen LogP contribution in [0.15, 0.2) is 67.9 Å². The van der Waals surface area contributed by atoms with E-state index in [4.69, 9.17) is 28.4 Å². The first kappa shape index (κ1) is 57.6. The van der Waals surface area contributed by atoms with Gasteiger partial charge in [0.15, 0.2) is 33.9 Å². The van der Waals surface area contributed by atoms with Gasteiger partial charge in [-0.2, -0.15) is 0 Å². The Bertz CT molecular complexity index is 1980. The van der Waals surface area contributed by atoms with Gasteiger partial charge in [0, 0.05) is 23.2 Å². The largest absolute Gasteiger partial charge is 0.493 e. The van der Waals surface area contributed by atoms with Crippen molar-refractivity contribution in [1.82, 2.24) is 10.6 Å². The predicted octanol–water partition coefficient (Wildman–Crippen LogP) is 11.7. The summed E-state index contributed by atoms with van der Waals surface area (Å²) in [7, 11) is 13.6. The Hall–Kier alpha value is -4.36. The number of hydrogen-bond acceptors (Lipinski definition) is 12. The quantitative estimate of drug-likeness (QED) is 0.148. The number of nitrogens with one attached hydrogen (secondary N) is 2. The van der Waals surface area contributed by atoms with E-state index in [0.717, 1.165) is 80.0 Å². The number of fused-ring (bicyclic) bond motifs is 6. The van der Waals surface area contributed by atoms with Gasteiger partial charge in [-0.15, -0.1) is 23.5 Å². The molecule has 0 spiro atoms. The monoisotopic (exact) mass is 897 g/mol. The smallest absolute Gasteiger partial charge is 0.203 e. The van der Waals surface area contributed by atoms with Crippen LogP contribution in [0.1, 0.15) is 104 Å². The second-order valence-corrected chi connectivity index (χ2v) is 14.4. The third-order valence-corrected chi connectivity index (χ3v) is 11.7. The number of methoxy groups -OCH3 is 6. The zero-order valence-electron chi connectivity index (χ0n) is 38.7. The summed E-state index contributed by atoms with van der Waals surface area (Å²) in [5.41, 5.74) is 8.16. The third kappa shape index (κ3) is 12.4. The van der Waals surface area contributed by atoms with Crippen LogP contribution in [0.2, 0.25) is 0 Å². The van der Waals surface area contributed by atoms with Crippen LogP contribution in [0.3, 0.4) is 0 Å². The summed E-state index contributed by atoms with van der Waals surface area (Å²) in [4.78, 5) is 26.8. The predicted molar refractivity (Wildman–Crippen MR) is 267 cm³/mol. The summed E-state index contributed by atoms with van der Waals surface area (Å²) in [6.45, 7) is 12.0. The second kappa shape index (κ2) is 29.1. The van der Waals surface area contributed by atoms with Crippen LogP contribution in [0, 0.1) is 0 Å². The van der Waals surface area contributed by atoms with Crippen LogP contribution in [-0.2, 0) is 12.8 Å². The van der Waals surface area contributed by atoms with E-state index < -0.39 is 0 Å². The van der Waals surface area contributed by atoms with Crippen LogP contribution in [0.4, 0.5) is 0 Å². The molecule has 0 aromatic heterocycles. The van der Waals surface area contributed by atoms with Crippen molar-refractivity contribution in [1.29, 1.82) is 0 Å². The fraction of sp³-hybridized carbons (Fsp3) is 0.480. The topological polar surface area (TPSA) is 114 Å². The summed E-state index contributed by atoms with van der Waals surface area (Å²) in [6, 6.07) is 15.5. The maximum Gasteiger partial charge on any atom is 0.203 e. The normalized spacial score (nSPS) is 13.7. The molecular weight excluding hydrogens is 821 g/mol. The van der Waals surface area contributed by atoms with Gasteiger partial charge in [-0.3, -0.25) is 9.59 Å². The molecule has 4 aromatic carbocycles. The van der Waals surface area contributed by atoms with Gasteiger partial charge in [-0.05, 0) is 122 Å². The molecular formula is C50H76N2O8S2. The molecule has 62 heavy (non-hydrogen) atoms. The fourth-order valence-electron chi connectivity index (χ4n) is 7.53. The van der Waals surface area contributed by atoms with Crippen LogP contribution in [-0.4, -0.2) is 69.3 Å². The Kier molecular flexibility index (Phi) is 27.0. The molecule has 0 fully saturated rings. The first-order valence-corrected chi connectivity index (χ1v) is 23.1. The molecule has 12 heteroatoms. The molecule has 0 aliphatic heterocycles. The van der Waals surface area contributed by atoms with Crippen molar-refractivity contribution in [3.63, 3.8) is 0 Å². The number of hydrogen-bond donors (Lipinski definition) is 2. The van der Waals surface area contributed by atoms with Gasteiger partial charge in [0.1, 0.15) is 0 Å². The number of ether oxygens (including phenoxy) is 6. The summed E-state index contributed by atoms with van der Waals surface area (Å²) < 4.78 is 33.8.